The molecule has 2 rings (SSSR count). The van der Waals surface area contributed by atoms with E-state index in [9.17, 15) is 4.79 Å². The molecule has 0 spiro atoms. The molecule has 15 heavy (non-hydrogen) atoms. The Morgan fingerprint density at radius 2 is 2.27 bits per heavy atom. The molecule has 4 heteroatoms. The van der Waals surface area contributed by atoms with Gasteiger partial charge in [-0.25, -0.2) is 0 Å². The van der Waals surface area contributed by atoms with Crippen molar-refractivity contribution in [2.24, 2.45) is 23.5 Å². The molecule has 0 radical (unpaired) electrons. The first-order valence-electron chi connectivity index (χ1n) is 5.38. The van der Waals surface area contributed by atoms with Crippen LogP contribution in [-0.4, -0.2) is 18.5 Å². The van der Waals surface area contributed by atoms with Crippen LogP contribution in [-0.2, 0) is 4.79 Å². The number of rotatable bonds is 3. The first-order valence-corrected chi connectivity index (χ1v) is 5.38. The van der Waals surface area contributed by atoms with Crippen molar-refractivity contribution in [2.75, 3.05) is 6.54 Å². The molecule has 0 heterocycles. The van der Waals surface area contributed by atoms with Crippen LogP contribution in [0, 0.1) is 17.8 Å². The lowest BCUT2D eigenvalue weighted by Gasteiger charge is -2.19. The van der Waals surface area contributed by atoms with E-state index in [0.29, 0.717) is 11.8 Å². The van der Waals surface area contributed by atoms with Crippen molar-refractivity contribution in [1.29, 1.82) is 0 Å². The fourth-order valence-corrected chi connectivity index (χ4v) is 2.52. The Morgan fingerprint density at radius 1 is 1.53 bits per heavy atom. The van der Waals surface area contributed by atoms with E-state index in [2.05, 4.69) is 17.5 Å². The zero-order valence-corrected chi connectivity index (χ0v) is 9.80. The molecule has 86 valence electrons. The van der Waals surface area contributed by atoms with E-state index in [1.807, 2.05) is 0 Å². The summed E-state index contributed by atoms with van der Waals surface area (Å²) >= 11 is 0. The molecular weight excluding hydrogens is 212 g/mol. The number of halogens is 1. The Morgan fingerprint density at radius 3 is 2.73 bits per heavy atom. The SMILES string of the molecule is C[C@H](N)C(=O)NC[C@@H]1C[C@H]2C=C[C@@H]1C2.Cl. The minimum atomic E-state index is -0.385. The number of carbonyl (C=O) groups excluding carboxylic acids is 1. The summed E-state index contributed by atoms with van der Waals surface area (Å²) in [5.74, 6) is 2.09. The standard InChI is InChI=1S/C11H18N2O.ClH/c1-7(12)11(14)13-6-10-5-8-2-3-9(10)4-8;/h2-3,7-10H,4-6,12H2,1H3,(H,13,14);1H/t7-,8-,9+,10-;/m0./s1. The molecule has 3 nitrogen and oxygen atoms in total. The average Bonchev–Trinajstić information content (AvgIpc) is 2.74. The number of nitrogens with two attached hydrogens (primary N) is 1. The average molecular weight is 231 g/mol. The van der Waals surface area contributed by atoms with Gasteiger partial charge in [0.15, 0.2) is 0 Å². The zero-order valence-electron chi connectivity index (χ0n) is 8.98. The molecule has 3 N–H and O–H groups in total. The molecule has 1 saturated carbocycles. The molecule has 2 aliphatic rings. The molecule has 0 aliphatic heterocycles. The number of amides is 1. The third kappa shape index (κ3) is 2.73. The van der Waals surface area contributed by atoms with Crippen LogP contribution in [0.15, 0.2) is 12.2 Å². The smallest absolute Gasteiger partial charge is 0.236 e. The van der Waals surface area contributed by atoms with Crippen molar-refractivity contribution in [3.05, 3.63) is 12.2 Å². The number of allylic oxidation sites excluding steroid dienone is 2. The molecule has 0 aromatic rings. The van der Waals surface area contributed by atoms with Gasteiger partial charge in [0.25, 0.3) is 0 Å². The molecule has 1 amide bonds. The second-order valence-electron chi connectivity index (χ2n) is 4.57. The van der Waals surface area contributed by atoms with Crippen LogP contribution in [0.5, 0.6) is 0 Å². The summed E-state index contributed by atoms with van der Waals surface area (Å²) < 4.78 is 0. The summed E-state index contributed by atoms with van der Waals surface area (Å²) in [6, 6.07) is -0.385. The topological polar surface area (TPSA) is 55.1 Å². The number of carbonyl (C=O) groups is 1. The van der Waals surface area contributed by atoms with E-state index < -0.39 is 0 Å². The predicted molar refractivity (Wildman–Crippen MR) is 62.8 cm³/mol. The van der Waals surface area contributed by atoms with Crippen molar-refractivity contribution in [2.45, 2.75) is 25.8 Å². The number of fused-ring (bicyclic) bond motifs is 2. The molecule has 0 aromatic heterocycles. The number of nitrogens with one attached hydrogen (secondary N) is 1. The minimum absolute atomic E-state index is 0. The minimum Gasteiger partial charge on any atom is -0.354 e. The third-order valence-corrected chi connectivity index (χ3v) is 3.37. The van der Waals surface area contributed by atoms with Crippen molar-refractivity contribution < 1.29 is 4.79 Å². The summed E-state index contributed by atoms with van der Waals surface area (Å²) in [5.41, 5.74) is 5.47. The first-order chi connectivity index (χ1) is 6.66. The summed E-state index contributed by atoms with van der Waals surface area (Å²) in [6.07, 6.45) is 7.14. The van der Waals surface area contributed by atoms with Crippen molar-refractivity contribution in [3.8, 4) is 0 Å². The molecule has 2 bridgehead atoms. The van der Waals surface area contributed by atoms with Gasteiger partial charge < -0.3 is 11.1 Å². The molecule has 2 aliphatic carbocycles. The fourth-order valence-electron chi connectivity index (χ4n) is 2.52. The van der Waals surface area contributed by atoms with Gasteiger partial charge >= 0.3 is 0 Å². The molecule has 4 atom stereocenters. The van der Waals surface area contributed by atoms with Crippen LogP contribution in [0.1, 0.15) is 19.8 Å². The highest BCUT2D eigenvalue weighted by Crippen LogP contribution is 2.42. The van der Waals surface area contributed by atoms with E-state index >= 15 is 0 Å². The highest BCUT2D eigenvalue weighted by molar-refractivity contribution is 5.85. The Balaban J connectivity index is 0.00000112. The second-order valence-corrected chi connectivity index (χ2v) is 4.57. The fraction of sp³-hybridized carbons (Fsp3) is 0.727. The quantitative estimate of drug-likeness (QED) is 0.713. The summed E-state index contributed by atoms with van der Waals surface area (Å²) in [6.45, 7) is 2.52. The molecular formula is C11H19ClN2O. The maximum absolute atomic E-state index is 11.3. The first kappa shape index (κ1) is 12.5. The van der Waals surface area contributed by atoms with Gasteiger partial charge in [0.2, 0.25) is 5.91 Å². The third-order valence-electron chi connectivity index (χ3n) is 3.37. The van der Waals surface area contributed by atoms with Gasteiger partial charge in [-0.05, 0) is 37.5 Å². The lowest BCUT2D eigenvalue weighted by atomic mass is 9.93. The zero-order chi connectivity index (χ0) is 10.1. The van der Waals surface area contributed by atoms with Crippen LogP contribution >= 0.6 is 12.4 Å². The van der Waals surface area contributed by atoms with E-state index in [1.165, 1.54) is 12.8 Å². The van der Waals surface area contributed by atoms with Crippen molar-refractivity contribution in [3.63, 3.8) is 0 Å². The van der Waals surface area contributed by atoms with Gasteiger partial charge in [-0.15, -0.1) is 12.4 Å². The normalized spacial score (nSPS) is 33.6. The van der Waals surface area contributed by atoms with Gasteiger partial charge in [0.05, 0.1) is 6.04 Å². The lowest BCUT2D eigenvalue weighted by Crippen LogP contribution is -2.41. The largest absolute Gasteiger partial charge is 0.354 e. The van der Waals surface area contributed by atoms with Crippen molar-refractivity contribution in [1.82, 2.24) is 5.32 Å². The van der Waals surface area contributed by atoms with E-state index in [1.54, 1.807) is 6.92 Å². The molecule has 0 unspecified atom stereocenters. The number of hydrogen-bond acceptors (Lipinski definition) is 2. The maximum atomic E-state index is 11.3. The maximum Gasteiger partial charge on any atom is 0.236 e. The summed E-state index contributed by atoms with van der Waals surface area (Å²) in [4.78, 5) is 11.3. The van der Waals surface area contributed by atoms with Crippen LogP contribution in [0.2, 0.25) is 0 Å². The monoisotopic (exact) mass is 230 g/mol. The second kappa shape index (κ2) is 4.99. The Hall–Kier alpha value is -0.540. The molecule has 1 fully saturated rings. The van der Waals surface area contributed by atoms with Crippen LogP contribution in [0.4, 0.5) is 0 Å². The van der Waals surface area contributed by atoms with Gasteiger partial charge in [0, 0.05) is 6.54 Å². The Labute approximate surface area is 96.9 Å². The Kier molecular flexibility index (Phi) is 4.17. The predicted octanol–water partition coefficient (Wildman–Crippen LogP) is 1.08. The van der Waals surface area contributed by atoms with Gasteiger partial charge in [-0.2, -0.15) is 0 Å². The highest BCUT2D eigenvalue weighted by atomic mass is 35.5. The summed E-state index contributed by atoms with van der Waals surface area (Å²) in [5, 5.41) is 2.91. The van der Waals surface area contributed by atoms with Crippen LogP contribution in [0.3, 0.4) is 0 Å². The van der Waals surface area contributed by atoms with Gasteiger partial charge in [-0.1, -0.05) is 12.2 Å². The molecule has 0 saturated heterocycles. The summed E-state index contributed by atoms with van der Waals surface area (Å²) in [7, 11) is 0. The van der Waals surface area contributed by atoms with E-state index in [-0.39, 0.29) is 24.4 Å². The lowest BCUT2D eigenvalue weighted by molar-refractivity contribution is -0.122. The van der Waals surface area contributed by atoms with Crippen LogP contribution < -0.4 is 11.1 Å². The van der Waals surface area contributed by atoms with Crippen LogP contribution in [0.25, 0.3) is 0 Å². The Bertz CT molecular complexity index is 265. The van der Waals surface area contributed by atoms with Crippen molar-refractivity contribution >= 4 is 18.3 Å². The number of hydrogen-bond donors (Lipinski definition) is 2. The van der Waals surface area contributed by atoms with Gasteiger partial charge in [-0.3, -0.25) is 4.79 Å². The van der Waals surface area contributed by atoms with Gasteiger partial charge in [0.1, 0.15) is 0 Å². The van der Waals surface area contributed by atoms with E-state index in [4.69, 9.17) is 5.73 Å². The highest BCUT2D eigenvalue weighted by Gasteiger charge is 2.35. The molecule has 0 aromatic carbocycles. The van der Waals surface area contributed by atoms with E-state index in [0.717, 1.165) is 12.5 Å².